The van der Waals surface area contributed by atoms with Gasteiger partial charge in [-0.25, -0.2) is 4.98 Å². The maximum Gasteiger partial charge on any atom is 0.263 e. The molecule has 1 aromatic carbocycles. The summed E-state index contributed by atoms with van der Waals surface area (Å²) < 4.78 is 11.2. The fourth-order valence-corrected chi connectivity index (χ4v) is 3.31. The van der Waals surface area contributed by atoms with Gasteiger partial charge in [-0.3, -0.25) is 4.79 Å². The number of carbonyl (C=O) groups excluding carboxylic acids is 1. The van der Waals surface area contributed by atoms with Crippen molar-refractivity contribution in [2.75, 3.05) is 19.8 Å². The van der Waals surface area contributed by atoms with Gasteiger partial charge < -0.3 is 14.8 Å². The van der Waals surface area contributed by atoms with E-state index in [1.54, 1.807) is 6.20 Å². The van der Waals surface area contributed by atoms with Gasteiger partial charge in [0.15, 0.2) is 11.5 Å². The maximum absolute atomic E-state index is 12.3. The number of thiazole rings is 1. The smallest absolute Gasteiger partial charge is 0.263 e. The summed E-state index contributed by atoms with van der Waals surface area (Å²) in [6.45, 7) is 7.92. The van der Waals surface area contributed by atoms with Gasteiger partial charge in [0.05, 0.1) is 11.2 Å². The Morgan fingerprint density at radius 1 is 1.29 bits per heavy atom. The Bertz CT molecular complexity index is 740. The zero-order valence-corrected chi connectivity index (χ0v) is 15.0. The molecule has 0 saturated carbocycles. The summed E-state index contributed by atoms with van der Waals surface area (Å²) in [5, 5.41) is 3.99. The molecule has 24 heavy (non-hydrogen) atoms. The summed E-state index contributed by atoms with van der Waals surface area (Å²) >= 11 is 1.45. The van der Waals surface area contributed by atoms with Crippen LogP contribution in [0.5, 0.6) is 11.5 Å². The van der Waals surface area contributed by atoms with Crippen LogP contribution in [0.1, 0.15) is 41.0 Å². The van der Waals surface area contributed by atoms with Crippen LogP contribution >= 0.6 is 11.3 Å². The Hall–Kier alpha value is -2.08. The number of carbonyl (C=O) groups is 1. The molecule has 1 amide bonds. The molecule has 0 bridgehead atoms. The van der Waals surface area contributed by atoms with Gasteiger partial charge >= 0.3 is 0 Å². The van der Waals surface area contributed by atoms with Crippen LogP contribution in [0.3, 0.4) is 0 Å². The number of aromatic nitrogens is 1. The van der Waals surface area contributed by atoms with Crippen molar-refractivity contribution in [3.8, 4) is 11.5 Å². The average Bonchev–Trinajstić information content (AvgIpc) is 3.08. The van der Waals surface area contributed by atoms with E-state index in [1.165, 1.54) is 11.3 Å². The van der Waals surface area contributed by atoms with Gasteiger partial charge in [-0.05, 0) is 24.1 Å². The van der Waals surface area contributed by atoms with Crippen LogP contribution < -0.4 is 14.8 Å². The summed E-state index contributed by atoms with van der Waals surface area (Å²) in [5.74, 6) is 1.48. The molecule has 0 aliphatic carbocycles. The number of benzene rings is 1. The maximum atomic E-state index is 12.3. The van der Waals surface area contributed by atoms with Crippen LogP contribution in [-0.4, -0.2) is 30.6 Å². The van der Waals surface area contributed by atoms with Crippen molar-refractivity contribution in [1.29, 1.82) is 0 Å². The van der Waals surface area contributed by atoms with Crippen molar-refractivity contribution < 1.29 is 14.3 Å². The largest absolute Gasteiger partial charge is 0.486 e. The molecule has 0 unspecified atom stereocenters. The third-order valence-corrected chi connectivity index (χ3v) is 5.23. The molecular formula is C18H22N2O3S. The Morgan fingerprint density at radius 2 is 2.04 bits per heavy atom. The van der Waals surface area contributed by atoms with Gasteiger partial charge in [-0.1, -0.05) is 26.8 Å². The molecule has 0 radical (unpaired) electrons. The molecule has 1 aliphatic rings. The fraction of sp³-hybridized carbons (Fsp3) is 0.444. The van der Waals surface area contributed by atoms with E-state index in [4.69, 9.17) is 9.47 Å². The molecule has 2 heterocycles. The van der Waals surface area contributed by atoms with Gasteiger partial charge in [0.25, 0.3) is 5.91 Å². The van der Waals surface area contributed by atoms with E-state index < -0.39 is 0 Å². The van der Waals surface area contributed by atoms with E-state index in [-0.39, 0.29) is 11.3 Å². The van der Waals surface area contributed by atoms with Crippen LogP contribution in [0.15, 0.2) is 24.4 Å². The molecule has 1 N–H and O–H groups in total. The predicted octanol–water partition coefficient (Wildman–Crippen LogP) is 3.18. The summed E-state index contributed by atoms with van der Waals surface area (Å²) in [7, 11) is 0. The Kier molecular flexibility index (Phi) is 4.76. The first kappa shape index (κ1) is 16.8. The second-order valence-corrected chi connectivity index (χ2v) is 7.51. The van der Waals surface area contributed by atoms with Crippen LogP contribution in [0.25, 0.3) is 0 Å². The Balaban J connectivity index is 1.68. The summed E-state index contributed by atoms with van der Waals surface area (Å²) in [5.41, 5.74) is 0.884. The molecular weight excluding hydrogens is 324 g/mol. The number of ether oxygens (including phenoxy) is 2. The number of fused-ring (bicyclic) bond motifs is 1. The molecule has 1 aromatic heterocycles. The molecule has 0 atom stereocenters. The number of amides is 1. The number of nitrogens with one attached hydrogen (secondary N) is 1. The standard InChI is InChI=1S/C18H22N2O3S/c1-4-16-19-10-15(24-16)17(21)20-11-18(2,3)12-5-6-13-14(9-12)23-8-7-22-13/h5-6,9-10H,4,7-8,11H2,1-3H3,(H,20,21). The summed E-state index contributed by atoms with van der Waals surface area (Å²) in [4.78, 5) is 17.2. The van der Waals surface area contributed by atoms with Crippen LogP contribution in [-0.2, 0) is 11.8 Å². The highest BCUT2D eigenvalue weighted by Gasteiger charge is 2.24. The van der Waals surface area contributed by atoms with E-state index in [0.29, 0.717) is 24.6 Å². The number of aryl methyl sites for hydroxylation is 1. The van der Waals surface area contributed by atoms with E-state index >= 15 is 0 Å². The number of hydrogen-bond donors (Lipinski definition) is 1. The van der Waals surface area contributed by atoms with Crippen LogP contribution in [0.2, 0.25) is 0 Å². The fourth-order valence-electron chi connectivity index (χ4n) is 2.53. The Labute approximate surface area is 146 Å². The topological polar surface area (TPSA) is 60.5 Å². The molecule has 6 heteroatoms. The molecule has 128 valence electrons. The normalized spacial score (nSPS) is 13.6. The van der Waals surface area contributed by atoms with Crippen LogP contribution in [0, 0.1) is 0 Å². The summed E-state index contributed by atoms with van der Waals surface area (Å²) in [6.07, 6.45) is 2.50. The van der Waals surface area contributed by atoms with E-state index in [0.717, 1.165) is 28.5 Å². The molecule has 1 aliphatic heterocycles. The third kappa shape index (κ3) is 3.53. The first-order valence-electron chi connectivity index (χ1n) is 8.12. The quantitative estimate of drug-likeness (QED) is 0.903. The molecule has 5 nitrogen and oxygen atoms in total. The van der Waals surface area contributed by atoms with E-state index in [2.05, 4.69) is 24.1 Å². The van der Waals surface area contributed by atoms with Gasteiger partial charge in [-0.15, -0.1) is 11.3 Å². The first-order chi connectivity index (χ1) is 11.5. The van der Waals surface area contributed by atoms with Crippen molar-refractivity contribution in [3.05, 3.63) is 39.8 Å². The van der Waals surface area contributed by atoms with Crippen molar-refractivity contribution in [2.24, 2.45) is 0 Å². The van der Waals surface area contributed by atoms with E-state index in [1.807, 2.05) is 25.1 Å². The lowest BCUT2D eigenvalue weighted by Gasteiger charge is -2.27. The second-order valence-electron chi connectivity index (χ2n) is 6.40. The lowest BCUT2D eigenvalue weighted by atomic mass is 9.84. The van der Waals surface area contributed by atoms with Gasteiger partial charge in [0, 0.05) is 12.0 Å². The van der Waals surface area contributed by atoms with Crippen molar-refractivity contribution >= 4 is 17.2 Å². The molecule has 3 rings (SSSR count). The lowest BCUT2D eigenvalue weighted by molar-refractivity contribution is 0.0949. The minimum atomic E-state index is -0.218. The monoisotopic (exact) mass is 346 g/mol. The van der Waals surface area contributed by atoms with Gasteiger partial charge in [0.1, 0.15) is 18.1 Å². The second kappa shape index (κ2) is 6.81. The molecule has 0 saturated heterocycles. The minimum absolute atomic E-state index is 0.0715. The minimum Gasteiger partial charge on any atom is -0.486 e. The first-order valence-corrected chi connectivity index (χ1v) is 8.94. The van der Waals surface area contributed by atoms with E-state index in [9.17, 15) is 4.79 Å². The number of hydrogen-bond acceptors (Lipinski definition) is 5. The summed E-state index contributed by atoms with van der Waals surface area (Å²) in [6, 6.07) is 5.97. The van der Waals surface area contributed by atoms with Crippen molar-refractivity contribution in [2.45, 2.75) is 32.6 Å². The molecule has 0 fully saturated rings. The average molecular weight is 346 g/mol. The zero-order valence-electron chi connectivity index (χ0n) is 14.2. The van der Waals surface area contributed by atoms with Crippen LogP contribution in [0.4, 0.5) is 0 Å². The highest BCUT2D eigenvalue weighted by atomic mass is 32.1. The van der Waals surface area contributed by atoms with Gasteiger partial charge in [-0.2, -0.15) is 0 Å². The number of rotatable bonds is 5. The highest BCUT2D eigenvalue weighted by Crippen LogP contribution is 2.35. The van der Waals surface area contributed by atoms with Crippen molar-refractivity contribution in [1.82, 2.24) is 10.3 Å². The predicted molar refractivity (Wildman–Crippen MR) is 94.3 cm³/mol. The molecule has 2 aromatic rings. The third-order valence-electron chi connectivity index (χ3n) is 4.09. The zero-order chi connectivity index (χ0) is 17.2. The van der Waals surface area contributed by atoms with Gasteiger partial charge in [0.2, 0.25) is 0 Å². The number of nitrogens with zero attached hydrogens (tertiary/aromatic N) is 1. The van der Waals surface area contributed by atoms with Crippen molar-refractivity contribution in [3.63, 3.8) is 0 Å². The lowest BCUT2D eigenvalue weighted by Crippen LogP contribution is -2.36. The highest BCUT2D eigenvalue weighted by molar-refractivity contribution is 7.13. The molecule has 0 spiro atoms. The SMILES string of the molecule is CCc1ncc(C(=O)NCC(C)(C)c2ccc3c(c2)OCCO3)s1. The Morgan fingerprint density at radius 3 is 2.75 bits per heavy atom.